The predicted octanol–water partition coefficient (Wildman–Crippen LogP) is 5.75. The van der Waals surface area contributed by atoms with Crippen LogP contribution in [0, 0.1) is 0 Å². The van der Waals surface area contributed by atoms with Gasteiger partial charge >= 0.3 is 0 Å². The van der Waals surface area contributed by atoms with Crippen molar-refractivity contribution in [3.8, 4) is 0 Å². The highest BCUT2D eigenvalue weighted by atomic mass is 15.4. The van der Waals surface area contributed by atoms with E-state index in [9.17, 15) is 0 Å². The van der Waals surface area contributed by atoms with Gasteiger partial charge in [0.15, 0.2) is 0 Å². The summed E-state index contributed by atoms with van der Waals surface area (Å²) in [6.45, 7) is 9.30. The minimum Gasteiger partial charge on any atom is -0.356 e. The van der Waals surface area contributed by atoms with Crippen molar-refractivity contribution >= 4 is 0 Å². The molecule has 2 nitrogen and oxygen atoms in total. The fourth-order valence-electron chi connectivity index (χ4n) is 3.22. The fourth-order valence-corrected chi connectivity index (χ4v) is 3.22. The van der Waals surface area contributed by atoms with E-state index < -0.39 is 0 Å². The van der Waals surface area contributed by atoms with Crippen LogP contribution in [0.2, 0.25) is 0 Å². The minimum absolute atomic E-state index is 0.646. The van der Waals surface area contributed by atoms with Crippen molar-refractivity contribution in [2.24, 2.45) is 0 Å². The largest absolute Gasteiger partial charge is 0.356 e. The Kier molecular flexibility index (Phi) is 10.5. The average molecular weight is 295 g/mol. The maximum atomic E-state index is 2.58. The molecule has 0 aromatic carbocycles. The molecule has 1 aliphatic rings. The van der Waals surface area contributed by atoms with Gasteiger partial charge in [-0.15, -0.1) is 0 Å². The molecule has 1 aliphatic heterocycles. The second-order valence-corrected chi connectivity index (χ2v) is 6.52. The Balaban J connectivity index is 2.23. The lowest BCUT2D eigenvalue weighted by molar-refractivity contribution is 0.138. The second kappa shape index (κ2) is 11.9. The van der Waals surface area contributed by atoms with Gasteiger partial charge in [0.2, 0.25) is 0 Å². The van der Waals surface area contributed by atoms with E-state index in [-0.39, 0.29) is 0 Å². The molecule has 0 bridgehead atoms. The highest BCUT2D eigenvalue weighted by Crippen LogP contribution is 2.22. The van der Waals surface area contributed by atoms with Crippen LogP contribution in [0.5, 0.6) is 0 Å². The molecule has 0 radical (unpaired) electrons. The lowest BCUT2D eigenvalue weighted by Gasteiger charge is -2.33. The zero-order valence-electron chi connectivity index (χ0n) is 14.8. The van der Waals surface area contributed by atoms with E-state index in [1.54, 1.807) is 0 Å². The monoisotopic (exact) mass is 294 g/mol. The molecule has 0 aromatic heterocycles. The van der Waals surface area contributed by atoms with Gasteiger partial charge in [-0.25, -0.2) is 0 Å². The van der Waals surface area contributed by atoms with Crippen molar-refractivity contribution < 1.29 is 0 Å². The van der Waals surface area contributed by atoms with Crippen LogP contribution in [0.15, 0.2) is 12.4 Å². The zero-order valence-corrected chi connectivity index (χ0v) is 14.8. The van der Waals surface area contributed by atoms with Crippen LogP contribution in [0.25, 0.3) is 0 Å². The van der Waals surface area contributed by atoms with E-state index in [4.69, 9.17) is 0 Å². The molecule has 0 aliphatic carbocycles. The van der Waals surface area contributed by atoms with Gasteiger partial charge in [-0.1, -0.05) is 65.7 Å². The maximum Gasteiger partial charge on any atom is 0.101 e. The van der Waals surface area contributed by atoms with E-state index in [0.29, 0.717) is 6.17 Å². The average Bonchev–Trinajstić information content (AvgIpc) is 2.87. The number of unbranched alkanes of at least 4 members (excludes halogenated alkanes) is 7. The Morgan fingerprint density at radius 2 is 1.19 bits per heavy atom. The summed E-state index contributed by atoms with van der Waals surface area (Å²) in [5.41, 5.74) is 0. The summed E-state index contributed by atoms with van der Waals surface area (Å²) in [6.07, 6.45) is 20.4. The van der Waals surface area contributed by atoms with Gasteiger partial charge < -0.3 is 9.80 Å². The van der Waals surface area contributed by atoms with E-state index in [1.165, 1.54) is 83.7 Å². The standard InChI is InChI=1S/C19H38N2/c1-4-7-9-10-11-12-13-14-19-20(15-6-3)17-18-21(19)16-8-5-2/h17-19H,4-16H2,1-3H3. The van der Waals surface area contributed by atoms with E-state index in [2.05, 4.69) is 43.0 Å². The molecule has 0 fully saturated rings. The van der Waals surface area contributed by atoms with Gasteiger partial charge in [0, 0.05) is 25.5 Å². The summed E-state index contributed by atoms with van der Waals surface area (Å²) >= 11 is 0. The second-order valence-electron chi connectivity index (χ2n) is 6.52. The summed E-state index contributed by atoms with van der Waals surface area (Å²) in [6, 6.07) is 0. The molecule has 1 rings (SSSR count). The Morgan fingerprint density at radius 1 is 0.619 bits per heavy atom. The highest BCUT2D eigenvalue weighted by Gasteiger charge is 2.24. The first kappa shape index (κ1) is 18.4. The molecule has 1 unspecified atom stereocenters. The lowest BCUT2D eigenvalue weighted by Crippen LogP contribution is -2.39. The molecule has 1 heterocycles. The van der Waals surface area contributed by atoms with Crippen molar-refractivity contribution in [2.75, 3.05) is 13.1 Å². The minimum atomic E-state index is 0.646. The molecule has 0 saturated heterocycles. The summed E-state index contributed by atoms with van der Waals surface area (Å²) in [5.74, 6) is 0. The Bertz CT molecular complexity index is 262. The molecule has 0 N–H and O–H groups in total. The number of nitrogens with zero attached hydrogens (tertiary/aromatic N) is 2. The normalized spacial score (nSPS) is 18.0. The summed E-state index contributed by atoms with van der Waals surface area (Å²) in [4.78, 5) is 5.14. The maximum absolute atomic E-state index is 2.58. The van der Waals surface area contributed by atoms with E-state index in [0.717, 1.165) is 0 Å². The first-order valence-corrected chi connectivity index (χ1v) is 9.53. The van der Waals surface area contributed by atoms with Crippen LogP contribution in [0.3, 0.4) is 0 Å². The van der Waals surface area contributed by atoms with Crippen molar-refractivity contribution in [3.05, 3.63) is 12.4 Å². The molecular weight excluding hydrogens is 256 g/mol. The first-order valence-electron chi connectivity index (χ1n) is 9.53. The lowest BCUT2D eigenvalue weighted by atomic mass is 10.1. The smallest absolute Gasteiger partial charge is 0.101 e. The van der Waals surface area contributed by atoms with Gasteiger partial charge in [0.25, 0.3) is 0 Å². The quantitative estimate of drug-likeness (QED) is 0.399. The summed E-state index contributed by atoms with van der Waals surface area (Å²) in [5, 5.41) is 0. The molecule has 0 aromatic rings. The molecule has 21 heavy (non-hydrogen) atoms. The third-order valence-electron chi connectivity index (χ3n) is 4.53. The SMILES string of the molecule is CCCCCCCCCC1N(CCC)C=CN1CCCC. The van der Waals surface area contributed by atoms with Crippen LogP contribution in [0.1, 0.15) is 91.4 Å². The van der Waals surface area contributed by atoms with Crippen molar-refractivity contribution in [1.29, 1.82) is 0 Å². The van der Waals surface area contributed by atoms with Gasteiger partial charge in [-0.05, 0) is 25.7 Å². The highest BCUT2D eigenvalue weighted by molar-refractivity contribution is 4.96. The van der Waals surface area contributed by atoms with Crippen LogP contribution in [-0.2, 0) is 0 Å². The van der Waals surface area contributed by atoms with E-state index >= 15 is 0 Å². The molecule has 0 amide bonds. The van der Waals surface area contributed by atoms with Crippen LogP contribution >= 0.6 is 0 Å². The number of hydrogen-bond donors (Lipinski definition) is 0. The summed E-state index contributed by atoms with van der Waals surface area (Å²) < 4.78 is 0. The van der Waals surface area contributed by atoms with Crippen LogP contribution < -0.4 is 0 Å². The fraction of sp³-hybridized carbons (Fsp3) is 0.895. The van der Waals surface area contributed by atoms with Gasteiger partial charge in [-0.3, -0.25) is 0 Å². The van der Waals surface area contributed by atoms with Crippen molar-refractivity contribution in [3.63, 3.8) is 0 Å². The third-order valence-corrected chi connectivity index (χ3v) is 4.53. The topological polar surface area (TPSA) is 6.48 Å². The predicted molar refractivity (Wildman–Crippen MR) is 94.1 cm³/mol. The Morgan fingerprint density at radius 3 is 1.81 bits per heavy atom. The first-order chi connectivity index (χ1) is 10.3. The summed E-state index contributed by atoms with van der Waals surface area (Å²) in [7, 11) is 0. The molecule has 1 atom stereocenters. The molecule has 0 spiro atoms. The van der Waals surface area contributed by atoms with Gasteiger partial charge in [0.1, 0.15) is 6.17 Å². The molecular formula is C19H38N2. The van der Waals surface area contributed by atoms with E-state index in [1.807, 2.05) is 0 Å². The Hall–Kier alpha value is -0.660. The van der Waals surface area contributed by atoms with Crippen LogP contribution in [0.4, 0.5) is 0 Å². The van der Waals surface area contributed by atoms with Gasteiger partial charge in [0.05, 0.1) is 0 Å². The third kappa shape index (κ3) is 7.24. The Labute approximate surface area is 133 Å². The number of hydrogen-bond acceptors (Lipinski definition) is 2. The molecule has 0 saturated carbocycles. The molecule has 124 valence electrons. The number of rotatable bonds is 13. The zero-order chi connectivity index (χ0) is 15.3. The van der Waals surface area contributed by atoms with Gasteiger partial charge in [-0.2, -0.15) is 0 Å². The van der Waals surface area contributed by atoms with Crippen molar-refractivity contribution in [1.82, 2.24) is 9.80 Å². The van der Waals surface area contributed by atoms with Crippen molar-refractivity contribution in [2.45, 2.75) is 97.6 Å². The van der Waals surface area contributed by atoms with Crippen LogP contribution in [-0.4, -0.2) is 29.1 Å². The molecule has 2 heteroatoms.